The first-order chi connectivity index (χ1) is 8.54. The summed E-state index contributed by atoms with van der Waals surface area (Å²) in [5.74, 6) is 0.816. The third-order valence-corrected chi connectivity index (χ3v) is 3.27. The highest BCUT2D eigenvalue weighted by molar-refractivity contribution is 5.95. The zero-order valence-electron chi connectivity index (χ0n) is 11.2. The molecule has 0 saturated heterocycles. The number of methoxy groups -OCH3 is 1. The van der Waals surface area contributed by atoms with E-state index in [2.05, 4.69) is 0 Å². The van der Waals surface area contributed by atoms with Crippen molar-refractivity contribution in [1.29, 1.82) is 0 Å². The van der Waals surface area contributed by atoms with Crippen molar-refractivity contribution in [1.82, 2.24) is 9.47 Å². The highest BCUT2D eigenvalue weighted by Crippen LogP contribution is 2.22. The fraction of sp³-hybridized carbons (Fsp3) is 0.357. The van der Waals surface area contributed by atoms with Crippen LogP contribution >= 0.6 is 0 Å². The molecule has 18 heavy (non-hydrogen) atoms. The lowest BCUT2D eigenvalue weighted by atomic mass is 10.2. The highest BCUT2D eigenvalue weighted by Gasteiger charge is 2.18. The summed E-state index contributed by atoms with van der Waals surface area (Å²) in [5.41, 5.74) is 0.882. The van der Waals surface area contributed by atoms with Crippen molar-refractivity contribution in [3.63, 3.8) is 0 Å². The van der Waals surface area contributed by atoms with Gasteiger partial charge in [0.05, 0.1) is 18.7 Å². The second-order valence-corrected chi connectivity index (χ2v) is 4.59. The lowest BCUT2D eigenvalue weighted by Gasteiger charge is -2.19. The SMILES string of the molecule is COc1ccc2ccn(C(=O)[C@H](C)N(C)C)c2c1. The number of ether oxygens (including phenoxy) is 1. The molecule has 0 aliphatic heterocycles. The largest absolute Gasteiger partial charge is 0.497 e. The van der Waals surface area contributed by atoms with Crippen molar-refractivity contribution < 1.29 is 9.53 Å². The fourth-order valence-corrected chi connectivity index (χ4v) is 1.85. The van der Waals surface area contributed by atoms with Crippen molar-refractivity contribution >= 4 is 16.8 Å². The molecular formula is C14H18N2O2. The third kappa shape index (κ3) is 2.11. The molecule has 4 nitrogen and oxygen atoms in total. The van der Waals surface area contributed by atoms with Crippen LogP contribution in [0.1, 0.15) is 11.7 Å². The third-order valence-electron chi connectivity index (χ3n) is 3.27. The van der Waals surface area contributed by atoms with Crippen LogP contribution in [0.3, 0.4) is 0 Å². The summed E-state index contributed by atoms with van der Waals surface area (Å²) in [6.07, 6.45) is 1.81. The van der Waals surface area contributed by atoms with E-state index in [0.717, 1.165) is 16.7 Å². The van der Waals surface area contributed by atoms with Crippen LogP contribution < -0.4 is 4.74 Å². The van der Waals surface area contributed by atoms with Gasteiger partial charge in [0, 0.05) is 17.6 Å². The molecule has 2 aromatic rings. The van der Waals surface area contributed by atoms with Crippen LogP contribution in [-0.2, 0) is 0 Å². The number of aromatic nitrogens is 1. The molecule has 0 aliphatic carbocycles. The molecule has 0 spiro atoms. The second kappa shape index (κ2) is 4.82. The van der Waals surface area contributed by atoms with Crippen LogP contribution in [0.15, 0.2) is 30.5 Å². The Kier molecular flexibility index (Phi) is 3.39. The number of benzene rings is 1. The number of nitrogens with zero attached hydrogens (tertiary/aromatic N) is 2. The van der Waals surface area contributed by atoms with E-state index in [1.165, 1.54) is 0 Å². The van der Waals surface area contributed by atoms with Gasteiger partial charge in [-0.2, -0.15) is 0 Å². The van der Waals surface area contributed by atoms with E-state index in [0.29, 0.717) is 0 Å². The second-order valence-electron chi connectivity index (χ2n) is 4.59. The molecule has 1 aromatic carbocycles. The van der Waals surface area contributed by atoms with Gasteiger partial charge in [-0.1, -0.05) is 0 Å². The van der Waals surface area contributed by atoms with E-state index >= 15 is 0 Å². The summed E-state index contributed by atoms with van der Waals surface area (Å²) < 4.78 is 6.88. The number of rotatable bonds is 3. The monoisotopic (exact) mass is 246 g/mol. The molecule has 0 radical (unpaired) electrons. The van der Waals surface area contributed by atoms with Crippen molar-refractivity contribution in [3.8, 4) is 5.75 Å². The number of likely N-dealkylation sites (N-methyl/N-ethyl adjacent to an activating group) is 1. The Morgan fingerprint density at radius 3 is 2.67 bits per heavy atom. The average Bonchev–Trinajstić information content (AvgIpc) is 2.79. The predicted octanol–water partition coefficient (Wildman–Crippen LogP) is 2.24. The average molecular weight is 246 g/mol. The summed E-state index contributed by atoms with van der Waals surface area (Å²) in [4.78, 5) is 14.2. The predicted molar refractivity (Wildman–Crippen MR) is 72.3 cm³/mol. The first kappa shape index (κ1) is 12.6. The summed E-state index contributed by atoms with van der Waals surface area (Å²) >= 11 is 0. The summed E-state index contributed by atoms with van der Waals surface area (Å²) in [6, 6.07) is 7.52. The van der Waals surface area contributed by atoms with Crippen molar-refractivity contribution in [2.45, 2.75) is 13.0 Å². The number of carbonyl (C=O) groups excluding carboxylic acids is 1. The van der Waals surface area contributed by atoms with E-state index in [9.17, 15) is 4.79 Å². The minimum atomic E-state index is -0.160. The van der Waals surface area contributed by atoms with Crippen LogP contribution in [0.2, 0.25) is 0 Å². The molecule has 1 aromatic heterocycles. The molecule has 0 fully saturated rings. The zero-order chi connectivity index (χ0) is 13.3. The van der Waals surface area contributed by atoms with Gasteiger partial charge in [-0.3, -0.25) is 14.3 Å². The highest BCUT2D eigenvalue weighted by atomic mass is 16.5. The van der Waals surface area contributed by atoms with Crippen LogP contribution in [0.5, 0.6) is 5.75 Å². The molecule has 0 saturated carbocycles. The molecule has 2 rings (SSSR count). The van der Waals surface area contributed by atoms with Gasteiger partial charge < -0.3 is 4.74 Å². The number of hydrogen-bond donors (Lipinski definition) is 0. The van der Waals surface area contributed by atoms with Gasteiger partial charge in [0.25, 0.3) is 0 Å². The molecule has 0 aliphatic rings. The Hall–Kier alpha value is -1.81. The summed E-state index contributed by atoms with van der Waals surface area (Å²) in [5, 5.41) is 1.04. The zero-order valence-corrected chi connectivity index (χ0v) is 11.2. The van der Waals surface area contributed by atoms with Crippen molar-refractivity contribution in [2.75, 3.05) is 21.2 Å². The maximum Gasteiger partial charge on any atom is 0.248 e. The Morgan fingerprint density at radius 2 is 2.06 bits per heavy atom. The van der Waals surface area contributed by atoms with E-state index in [4.69, 9.17) is 4.74 Å². The molecular weight excluding hydrogens is 228 g/mol. The van der Waals surface area contributed by atoms with Gasteiger partial charge in [-0.25, -0.2) is 0 Å². The van der Waals surface area contributed by atoms with Crippen LogP contribution in [-0.4, -0.2) is 42.6 Å². The maximum atomic E-state index is 12.3. The van der Waals surface area contributed by atoms with Crippen molar-refractivity contribution in [2.24, 2.45) is 0 Å². The van der Waals surface area contributed by atoms with Gasteiger partial charge >= 0.3 is 0 Å². The Morgan fingerprint density at radius 1 is 1.33 bits per heavy atom. The number of carbonyl (C=O) groups is 1. The van der Waals surface area contributed by atoms with E-state index in [1.807, 2.05) is 56.4 Å². The first-order valence-corrected chi connectivity index (χ1v) is 5.90. The van der Waals surface area contributed by atoms with Crippen molar-refractivity contribution in [3.05, 3.63) is 30.5 Å². The van der Waals surface area contributed by atoms with Gasteiger partial charge in [0.15, 0.2) is 0 Å². The Balaban J connectivity index is 2.48. The molecule has 96 valence electrons. The van der Waals surface area contributed by atoms with Gasteiger partial charge in [0.2, 0.25) is 5.91 Å². The van der Waals surface area contributed by atoms with Gasteiger partial charge in [0.1, 0.15) is 5.75 Å². The fourth-order valence-electron chi connectivity index (χ4n) is 1.85. The molecule has 4 heteroatoms. The topological polar surface area (TPSA) is 34.5 Å². The first-order valence-electron chi connectivity index (χ1n) is 5.90. The molecule has 0 unspecified atom stereocenters. The Bertz CT molecular complexity index is 572. The lowest BCUT2D eigenvalue weighted by molar-refractivity contribution is 0.0809. The number of hydrogen-bond acceptors (Lipinski definition) is 3. The van der Waals surface area contributed by atoms with E-state index in [-0.39, 0.29) is 11.9 Å². The number of fused-ring (bicyclic) bond motifs is 1. The summed E-state index contributed by atoms with van der Waals surface area (Å²) in [7, 11) is 5.42. The standard InChI is InChI=1S/C14H18N2O2/c1-10(15(2)3)14(17)16-8-7-11-5-6-12(18-4)9-13(11)16/h5-10H,1-4H3/t10-/m0/s1. The Labute approximate surface area is 107 Å². The van der Waals surface area contributed by atoms with Gasteiger partial charge in [-0.15, -0.1) is 0 Å². The molecule has 0 bridgehead atoms. The normalized spacial score (nSPS) is 12.9. The quantitative estimate of drug-likeness (QED) is 0.833. The summed E-state index contributed by atoms with van der Waals surface area (Å²) in [6.45, 7) is 1.90. The van der Waals surface area contributed by atoms with Gasteiger partial charge in [-0.05, 0) is 39.2 Å². The molecule has 0 N–H and O–H groups in total. The van der Waals surface area contributed by atoms with E-state index in [1.54, 1.807) is 11.7 Å². The lowest BCUT2D eigenvalue weighted by Crippen LogP contribution is -2.36. The molecule has 1 heterocycles. The van der Waals surface area contributed by atoms with E-state index < -0.39 is 0 Å². The molecule has 1 atom stereocenters. The van der Waals surface area contributed by atoms with Crippen LogP contribution in [0, 0.1) is 0 Å². The maximum absolute atomic E-state index is 12.3. The van der Waals surface area contributed by atoms with Crippen LogP contribution in [0.25, 0.3) is 10.9 Å². The minimum absolute atomic E-state index is 0.0586. The van der Waals surface area contributed by atoms with Crippen LogP contribution in [0.4, 0.5) is 0 Å². The molecule has 0 amide bonds. The minimum Gasteiger partial charge on any atom is -0.497 e. The smallest absolute Gasteiger partial charge is 0.248 e.